The third-order valence-electron chi connectivity index (χ3n) is 2.71. The molecule has 2 aliphatic rings. The molecule has 3 rings (SSSR count). The molecule has 0 saturated carbocycles. The number of amides is 2. The molecule has 1 aromatic rings. The first kappa shape index (κ1) is 10.5. The number of hydrogen-bond donors (Lipinski definition) is 0. The summed E-state index contributed by atoms with van der Waals surface area (Å²) in [7, 11) is 0. The van der Waals surface area contributed by atoms with Crippen LogP contribution in [0, 0.1) is 0 Å². The zero-order chi connectivity index (χ0) is 12.5. The molecule has 2 aliphatic heterocycles. The summed E-state index contributed by atoms with van der Waals surface area (Å²) < 4.78 is 0. The van der Waals surface area contributed by atoms with Crippen LogP contribution in [0.25, 0.3) is 0 Å². The summed E-state index contributed by atoms with van der Waals surface area (Å²) in [6.07, 6.45) is 2.83. The molecule has 2 amide bonds. The van der Waals surface area contributed by atoms with Gasteiger partial charge in [-0.2, -0.15) is 4.99 Å². The number of rotatable bonds is 2. The summed E-state index contributed by atoms with van der Waals surface area (Å²) in [5.74, 6) is -0.642. The van der Waals surface area contributed by atoms with Gasteiger partial charge in [0, 0.05) is 6.08 Å². The van der Waals surface area contributed by atoms with Gasteiger partial charge in [0.15, 0.2) is 0 Å². The van der Waals surface area contributed by atoms with Gasteiger partial charge in [0.1, 0.15) is 12.0 Å². The van der Waals surface area contributed by atoms with Crippen LogP contribution in [-0.4, -0.2) is 29.0 Å². The number of hydrogen-bond acceptors (Lipinski definition) is 5. The van der Waals surface area contributed by atoms with Gasteiger partial charge in [0.25, 0.3) is 11.8 Å². The summed E-state index contributed by atoms with van der Waals surface area (Å²) in [4.78, 5) is 34.0. The maximum Gasteiger partial charge on any atom is 0.261 e. The van der Waals surface area contributed by atoms with Crippen LogP contribution in [0.4, 0.5) is 0 Å². The molecular formula is C12H8N2O4. The Morgan fingerprint density at radius 2 is 1.78 bits per heavy atom. The van der Waals surface area contributed by atoms with Crippen molar-refractivity contribution in [3.05, 3.63) is 47.7 Å². The second-order valence-corrected chi connectivity index (χ2v) is 3.80. The second kappa shape index (κ2) is 3.99. The van der Waals surface area contributed by atoms with Crippen LogP contribution in [-0.2, 0) is 9.88 Å². The van der Waals surface area contributed by atoms with Crippen LogP contribution in [0.2, 0.25) is 0 Å². The van der Waals surface area contributed by atoms with Crippen LogP contribution in [0.3, 0.4) is 0 Å². The van der Waals surface area contributed by atoms with Gasteiger partial charge in [-0.3, -0.25) is 19.4 Å². The van der Waals surface area contributed by atoms with Crippen LogP contribution < -0.4 is 0 Å². The molecule has 0 aromatic heterocycles. The third kappa shape index (κ3) is 1.55. The molecule has 0 aliphatic carbocycles. The van der Waals surface area contributed by atoms with E-state index in [0.717, 1.165) is 4.90 Å². The van der Waals surface area contributed by atoms with E-state index < -0.39 is 0 Å². The summed E-state index contributed by atoms with van der Waals surface area (Å²) in [5.41, 5.74) is 1.27. The fraction of sp³-hybridized carbons (Fsp3) is 0.0833. The Balaban J connectivity index is 1.88. The highest BCUT2D eigenvalue weighted by atomic mass is 17.3. The van der Waals surface area contributed by atoms with Crippen molar-refractivity contribution in [1.82, 2.24) is 4.90 Å². The van der Waals surface area contributed by atoms with Crippen LogP contribution >= 0.6 is 0 Å². The smallest absolute Gasteiger partial charge is 0.261 e. The number of oxime groups is 1. The molecule has 2 heterocycles. The molecule has 0 saturated heterocycles. The van der Waals surface area contributed by atoms with Gasteiger partial charge in [-0.1, -0.05) is 12.1 Å². The predicted molar refractivity (Wildman–Crippen MR) is 60.6 cm³/mol. The molecule has 1 aromatic carbocycles. The lowest BCUT2D eigenvalue weighted by Crippen LogP contribution is -2.34. The zero-order valence-corrected chi connectivity index (χ0v) is 9.20. The molecule has 6 heteroatoms. The molecule has 0 radical (unpaired) electrons. The fourth-order valence-corrected chi connectivity index (χ4v) is 1.86. The van der Waals surface area contributed by atoms with Crippen molar-refractivity contribution >= 4 is 17.5 Å². The van der Waals surface area contributed by atoms with Crippen LogP contribution in [0.5, 0.6) is 0 Å². The Labute approximate surface area is 102 Å². The first-order valence-electron chi connectivity index (χ1n) is 5.28. The van der Waals surface area contributed by atoms with Crippen molar-refractivity contribution in [2.75, 3.05) is 6.54 Å². The van der Waals surface area contributed by atoms with Crippen LogP contribution in [0.1, 0.15) is 20.7 Å². The molecule has 0 spiro atoms. The second-order valence-electron chi connectivity index (χ2n) is 3.80. The van der Waals surface area contributed by atoms with Crippen LogP contribution in [0.15, 0.2) is 41.8 Å². The highest BCUT2D eigenvalue weighted by Crippen LogP contribution is 2.22. The van der Waals surface area contributed by atoms with Crippen molar-refractivity contribution in [3.8, 4) is 0 Å². The Morgan fingerprint density at radius 1 is 1.11 bits per heavy atom. The molecule has 0 bridgehead atoms. The minimum atomic E-state index is -0.321. The summed E-state index contributed by atoms with van der Waals surface area (Å²) >= 11 is 0. The van der Waals surface area contributed by atoms with Gasteiger partial charge in [-0.15, -0.1) is 0 Å². The maximum atomic E-state index is 12.0. The molecule has 0 N–H and O–H groups in total. The number of benzene rings is 1. The Bertz CT molecular complexity index is 556. The Kier molecular flexibility index (Phi) is 2.33. The lowest BCUT2D eigenvalue weighted by Gasteiger charge is -2.14. The van der Waals surface area contributed by atoms with Crippen molar-refractivity contribution in [1.29, 1.82) is 0 Å². The highest BCUT2D eigenvalue weighted by Gasteiger charge is 2.35. The monoisotopic (exact) mass is 244 g/mol. The van der Waals surface area contributed by atoms with E-state index in [1.165, 1.54) is 12.3 Å². The van der Waals surface area contributed by atoms with Gasteiger partial charge in [-0.25, -0.2) is 0 Å². The number of fused-ring (bicyclic) bond motifs is 1. The minimum absolute atomic E-state index is 0.0617. The first-order chi connectivity index (χ1) is 8.77. The predicted octanol–water partition coefficient (Wildman–Crippen LogP) is 1.11. The standard InChI is InChI=1S/C12H8N2O4/c15-11-9-3-1-2-4-10(9)12(16)14(11)7-8-5-6-17-18-13-8/h1-6H,7H2. The molecule has 90 valence electrons. The SMILES string of the molecule is O=C1c2ccccc2C(=O)N1CC1=NOOC=C1. The van der Waals surface area contributed by atoms with Gasteiger partial charge in [0.2, 0.25) is 0 Å². The lowest BCUT2D eigenvalue weighted by atomic mass is 10.1. The third-order valence-corrected chi connectivity index (χ3v) is 2.71. The van der Waals surface area contributed by atoms with E-state index in [4.69, 9.17) is 0 Å². The lowest BCUT2D eigenvalue weighted by molar-refractivity contribution is -0.252. The highest BCUT2D eigenvalue weighted by molar-refractivity contribution is 6.23. The number of carbonyl (C=O) groups is 2. The van der Waals surface area contributed by atoms with E-state index in [0.29, 0.717) is 16.8 Å². The summed E-state index contributed by atoms with van der Waals surface area (Å²) in [6, 6.07) is 6.71. The average Bonchev–Trinajstić information content (AvgIpc) is 2.66. The topological polar surface area (TPSA) is 68.2 Å². The largest absolute Gasteiger partial charge is 0.275 e. The van der Waals surface area contributed by atoms with Crippen molar-refractivity contribution in [3.63, 3.8) is 0 Å². The van der Waals surface area contributed by atoms with E-state index in [1.807, 2.05) is 0 Å². The van der Waals surface area contributed by atoms with E-state index in [1.54, 1.807) is 24.3 Å². The maximum absolute atomic E-state index is 12.0. The van der Waals surface area contributed by atoms with E-state index in [-0.39, 0.29) is 18.4 Å². The summed E-state index contributed by atoms with van der Waals surface area (Å²) in [5, 5.41) is 3.59. The Hall–Kier alpha value is -2.63. The van der Waals surface area contributed by atoms with Gasteiger partial charge in [-0.05, 0) is 17.3 Å². The molecule has 0 unspecified atom stereocenters. The van der Waals surface area contributed by atoms with Crippen molar-refractivity contribution < 1.29 is 19.5 Å². The van der Waals surface area contributed by atoms with E-state index in [9.17, 15) is 9.59 Å². The van der Waals surface area contributed by atoms with E-state index in [2.05, 4.69) is 15.0 Å². The number of carbonyl (C=O) groups excluding carboxylic acids is 2. The number of imide groups is 1. The van der Waals surface area contributed by atoms with Crippen molar-refractivity contribution in [2.45, 2.75) is 0 Å². The summed E-state index contributed by atoms with van der Waals surface area (Å²) in [6.45, 7) is 0.0617. The molecule has 0 fully saturated rings. The molecule has 6 nitrogen and oxygen atoms in total. The fourth-order valence-electron chi connectivity index (χ4n) is 1.86. The molecule has 0 atom stereocenters. The van der Waals surface area contributed by atoms with Gasteiger partial charge >= 0.3 is 0 Å². The molecular weight excluding hydrogens is 236 g/mol. The van der Waals surface area contributed by atoms with Crippen molar-refractivity contribution in [2.24, 2.45) is 5.16 Å². The van der Waals surface area contributed by atoms with Gasteiger partial charge < -0.3 is 0 Å². The first-order valence-corrected chi connectivity index (χ1v) is 5.28. The molecule has 18 heavy (non-hydrogen) atoms. The quantitative estimate of drug-likeness (QED) is 0.577. The number of nitrogens with zero attached hydrogens (tertiary/aromatic N) is 2. The van der Waals surface area contributed by atoms with Gasteiger partial charge in [0.05, 0.1) is 17.7 Å². The van der Waals surface area contributed by atoms with E-state index >= 15 is 0 Å². The zero-order valence-electron chi connectivity index (χ0n) is 9.20. The average molecular weight is 244 g/mol. The Morgan fingerprint density at radius 3 is 2.33 bits per heavy atom. The minimum Gasteiger partial charge on any atom is -0.275 e. The normalized spacial score (nSPS) is 17.1.